The third-order valence-corrected chi connectivity index (χ3v) is 3.78. The Bertz CT molecular complexity index is 643. The lowest BCUT2D eigenvalue weighted by atomic mass is 10.3. The smallest absolute Gasteiger partial charge is 0.270 e. The van der Waals surface area contributed by atoms with Crippen molar-refractivity contribution < 1.29 is 4.79 Å². The molecule has 1 N–H and O–H groups in total. The van der Waals surface area contributed by atoms with Gasteiger partial charge in [0.25, 0.3) is 5.91 Å². The number of amides is 1. The van der Waals surface area contributed by atoms with Crippen molar-refractivity contribution in [3.05, 3.63) is 34.1 Å². The lowest BCUT2D eigenvalue weighted by molar-refractivity contribution is 0.0770. The maximum atomic E-state index is 12.5. The molecular weight excluding hydrogens is 322 g/mol. The molecule has 0 radical (unpaired) electrons. The first-order valence-electron chi connectivity index (χ1n) is 6.55. The molecule has 1 saturated carbocycles. The van der Waals surface area contributed by atoms with Crippen LogP contribution in [0.5, 0.6) is 0 Å². The molecule has 0 atom stereocenters. The van der Waals surface area contributed by atoms with Gasteiger partial charge in [-0.15, -0.1) is 0 Å². The van der Waals surface area contributed by atoms with Crippen LogP contribution in [0.15, 0.2) is 16.7 Å². The van der Waals surface area contributed by atoms with Crippen LogP contribution in [0, 0.1) is 6.92 Å². The summed E-state index contributed by atoms with van der Waals surface area (Å²) in [4.78, 5) is 18.4. The highest BCUT2D eigenvalue weighted by molar-refractivity contribution is 9.10. The van der Waals surface area contributed by atoms with Crippen LogP contribution in [0.1, 0.15) is 41.0 Å². The highest BCUT2D eigenvalue weighted by atomic mass is 79.9. The average Bonchev–Trinajstić information content (AvgIpc) is 3.07. The van der Waals surface area contributed by atoms with E-state index in [4.69, 9.17) is 0 Å². The Hall–Kier alpha value is -1.63. The first kappa shape index (κ1) is 13.4. The van der Waals surface area contributed by atoms with E-state index in [1.54, 1.807) is 11.9 Å². The third-order valence-electron chi connectivity index (χ3n) is 3.34. The molecule has 1 fully saturated rings. The number of hydrogen-bond acceptors (Lipinski definition) is 3. The van der Waals surface area contributed by atoms with Crippen LogP contribution >= 0.6 is 15.9 Å². The van der Waals surface area contributed by atoms with E-state index in [2.05, 4.69) is 35.7 Å². The number of H-pyrrole nitrogens is 1. The normalized spacial score (nSPS) is 14.6. The van der Waals surface area contributed by atoms with Crippen molar-refractivity contribution in [1.29, 1.82) is 0 Å². The van der Waals surface area contributed by atoms with E-state index in [1.807, 2.05) is 19.2 Å². The van der Waals surface area contributed by atoms with Gasteiger partial charge >= 0.3 is 0 Å². The first-order valence-corrected chi connectivity index (χ1v) is 7.34. The summed E-state index contributed by atoms with van der Waals surface area (Å²) in [5.41, 5.74) is 0.717. The van der Waals surface area contributed by atoms with E-state index in [-0.39, 0.29) is 5.91 Å². The Morgan fingerprint density at radius 1 is 1.60 bits per heavy atom. The quantitative estimate of drug-likeness (QED) is 0.930. The fraction of sp³-hybridized carbons (Fsp3) is 0.462. The number of carbonyl (C=O) groups excluding carboxylic acids is 1. The monoisotopic (exact) mass is 337 g/mol. The summed E-state index contributed by atoms with van der Waals surface area (Å²) < 4.78 is 3.00. The second-order valence-electron chi connectivity index (χ2n) is 5.18. The fourth-order valence-corrected chi connectivity index (χ4v) is 2.65. The molecule has 6 nitrogen and oxygen atoms in total. The van der Waals surface area contributed by atoms with Gasteiger partial charge in [-0.3, -0.25) is 9.89 Å². The second kappa shape index (κ2) is 5.05. The van der Waals surface area contributed by atoms with Crippen LogP contribution in [0.25, 0.3) is 0 Å². The third kappa shape index (κ3) is 2.63. The number of rotatable bonds is 4. The highest BCUT2D eigenvalue weighted by Crippen LogP contribution is 2.37. The van der Waals surface area contributed by atoms with Gasteiger partial charge in [0.1, 0.15) is 11.5 Å². The topological polar surface area (TPSA) is 66.8 Å². The van der Waals surface area contributed by atoms with Gasteiger partial charge in [-0.05, 0) is 41.8 Å². The number of nitrogens with zero attached hydrogens (tertiary/aromatic N) is 4. The molecule has 7 heteroatoms. The summed E-state index contributed by atoms with van der Waals surface area (Å²) in [7, 11) is 1.77. The van der Waals surface area contributed by atoms with Gasteiger partial charge in [0, 0.05) is 23.8 Å². The summed E-state index contributed by atoms with van der Waals surface area (Å²) in [6.45, 7) is 2.24. The van der Waals surface area contributed by atoms with Crippen molar-refractivity contribution in [2.75, 3.05) is 7.05 Å². The molecule has 2 aromatic heterocycles. The molecular formula is C13H16BrN5O. The predicted molar refractivity (Wildman–Crippen MR) is 77.3 cm³/mol. The van der Waals surface area contributed by atoms with Crippen LogP contribution in [-0.4, -0.2) is 37.6 Å². The van der Waals surface area contributed by atoms with Gasteiger partial charge in [0.2, 0.25) is 0 Å². The lowest BCUT2D eigenvalue weighted by Crippen LogP contribution is -2.28. The molecule has 0 spiro atoms. The van der Waals surface area contributed by atoms with E-state index in [0.717, 1.165) is 23.1 Å². The average molecular weight is 338 g/mol. The van der Waals surface area contributed by atoms with Gasteiger partial charge in [0.05, 0.1) is 6.54 Å². The Morgan fingerprint density at radius 2 is 2.35 bits per heavy atom. The van der Waals surface area contributed by atoms with Gasteiger partial charge in [-0.1, -0.05) is 0 Å². The molecule has 2 heterocycles. The van der Waals surface area contributed by atoms with Crippen LogP contribution in [0.4, 0.5) is 0 Å². The predicted octanol–water partition coefficient (Wildman–Crippen LogP) is 2.28. The molecule has 0 aliphatic heterocycles. The number of halogens is 1. The van der Waals surface area contributed by atoms with Gasteiger partial charge in [0.15, 0.2) is 5.82 Å². The Morgan fingerprint density at radius 3 is 2.95 bits per heavy atom. The molecule has 0 bridgehead atoms. The highest BCUT2D eigenvalue weighted by Gasteiger charge is 2.29. The van der Waals surface area contributed by atoms with E-state index >= 15 is 0 Å². The number of aromatic amines is 1. The molecule has 0 unspecified atom stereocenters. The van der Waals surface area contributed by atoms with E-state index in [1.165, 1.54) is 0 Å². The zero-order chi connectivity index (χ0) is 14.3. The molecule has 1 aliphatic rings. The van der Waals surface area contributed by atoms with Crippen molar-refractivity contribution in [2.24, 2.45) is 0 Å². The molecule has 1 amide bonds. The number of aryl methyl sites for hydroxylation is 1. The Kier molecular flexibility index (Phi) is 3.37. The standard InChI is InChI=1S/C13H16BrN5O/c1-8-15-12(17-16-8)7-18(2)13(20)11-5-9(14)6-19(11)10-3-4-10/h5-6,10H,3-4,7H2,1-2H3,(H,15,16,17). The molecule has 106 valence electrons. The second-order valence-corrected chi connectivity index (χ2v) is 6.10. The van der Waals surface area contributed by atoms with E-state index < -0.39 is 0 Å². The molecule has 0 aromatic carbocycles. The SMILES string of the molecule is Cc1nc(CN(C)C(=O)c2cc(Br)cn2C2CC2)n[nH]1. The van der Waals surface area contributed by atoms with Crippen molar-refractivity contribution in [3.63, 3.8) is 0 Å². The van der Waals surface area contributed by atoms with E-state index in [9.17, 15) is 4.79 Å². The maximum Gasteiger partial charge on any atom is 0.270 e. The van der Waals surface area contributed by atoms with Crippen molar-refractivity contribution in [3.8, 4) is 0 Å². The summed E-state index contributed by atoms with van der Waals surface area (Å²) in [6, 6.07) is 2.35. The molecule has 0 saturated heterocycles. The number of hydrogen-bond donors (Lipinski definition) is 1. The Balaban J connectivity index is 1.77. The summed E-state index contributed by atoms with van der Waals surface area (Å²) in [5.74, 6) is 1.37. The van der Waals surface area contributed by atoms with Gasteiger partial charge in [-0.2, -0.15) is 5.10 Å². The largest absolute Gasteiger partial charge is 0.339 e. The van der Waals surface area contributed by atoms with Crippen LogP contribution < -0.4 is 0 Å². The van der Waals surface area contributed by atoms with Crippen LogP contribution in [0.2, 0.25) is 0 Å². The summed E-state index contributed by atoms with van der Waals surface area (Å²) >= 11 is 3.45. The number of nitrogens with one attached hydrogen (secondary N) is 1. The minimum Gasteiger partial charge on any atom is -0.339 e. The molecule has 3 rings (SSSR count). The fourth-order valence-electron chi connectivity index (χ4n) is 2.21. The van der Waals surface area contributed by atoms with Crippen molar-refractivity contribution in [2.45, 2.75) is 32.4 Å². The molecule has 20 heavy (non-hydrogen) atoms. The van der Waals surface area contributed by atoms with Crippen molar-refractivity contribution >= 4 is 21.8 Å². The first-order chi connectivity index (χ1) is 9.54. The Labute approximate surface area is 125 Å². The lowest BCUT2D eigenvalue weighted by Gasteiger charge is -2.16. The zero-order valence-electron chi connectivity index (χ0n) is 11.4. The van der Waals surface area contributed by atoms with Gasteiger partial charge in [-0.25, -0.2) is 4.98 Å². The minimum absolute atomic E-state index is 0.00921. The zero-order valence-corrected chi connectivity index (χ0v) is 13.0. The number of carbonyl (C=O) groups is 1. The summed E-state index contributed by atoms with van der Waals surface area (Å²) in [5, 5.41) is 6.85. The van der Waals surface area contributed by atoms with Crippen LogP contribution in [-0.2, 0) is 6.54 Å². The van der Waals surface area contributed by atoms with Crippen LogP contribution in [0.3, 0.4) is 0 Å². The minimum atomic E-state index is -0.00921. The molecule has 1 aliphatic carbocycles. The summed E-state index contributed by atoms with van der Waals surface area (Å²) in [6.07, 6.45) is 4.27. The number of aromatic nitrogens is 4. The molecule has 2 aromatic rings. The van der Waals surface area contributed by atoms with Gasteiger partial charge < -0.3 is 9.47 Å². The van der Waals surface area contributed by atoms with E-state index in [0.29, 0.717) is 24.1 Å². The maximum absolute atomic E-state index is 12.5. The van der Waals surface area contributed by atoms with Crippen molar-refractivity contribution in [1.82, 2.24) is 24.6 Å².